The summed E-state index contributed by atoms with van der Waals surface area (Å²) < 4.78 is 4.65. The molecule has 1 amide bonds. The number of hydrogen-bond acceptors (Lipinski definition) is 5. The van der Waals surface area contributed by atoms with Crippen LogP contribution in [0.2, 0.25) is 0 Å². The van der Waals surface area contributed by atoms with E-state index >= 15 is 0 Å². The van der Waals surface area contributed by atoms with Crippen molar-refractivity contribution in [2.75, 3.05) is 25.1 Å². The summed E-state index contributed by atoms with van der Waals surface area (Å²) in [4.78, 5) is 13.5. The number of hydrogen-bond donors (Lipinski definition) is 2. The van der Waals surface area contributed by atoms with Crippen LogP contribution in [-0.4, -0.2) is 43.5 Å². The number of anilines is 1. The summed E-state index contributed by atoms with van der Waals surface area (Å²) in [6, 6.07) is 2.06. The second-order valence-corrected chi connectivity index (χ2v) is 5.74. The van der Waals surface area contributed by atoms with Crippen molar-refractivity contribution in [1.82, 2.24) is 5.32 Å². The topological polar surface area (TPSA) is 61.8 Å². The fourth-order valence-corrected chi connectivity index (χ4v) is 3.13. The van der Waals surface area contributed by atoms with Crippen LogP contribution in [-0.2, 0) is 4.74 Å². The molecule has 0 aromatic carbocycles. The van der Waals surface area contributed by atoms with E-state index in [9.17, 15) is 9.90 Å². The normalized spacial score (nSPS) is 24.9. The van der Waals surface area contributed by atoms with E-state index in [-0.39, 0.29) is 18.1 Å². The zero-order valence-corrected chi connectivity index (χ0v) is 12.0. The predicted molar refractivity (Wildman–Crippen MR) is 75.6 cm³/mol. The number of thiophene rings is 1. The number of carbonyl (C=O) groups is 1. The van der Waals surface area contributed by atoms with Crippen LogP contribution in [0.4, 0.5) is 10.5 Å². The van der Waals surface area contributed by atoms with Gasteiger partial charge in [-0.25, -0.2) is 4.79 Å². The van der Waals surface area contributed by atoms with Crippen molar-refractivity contribution in [1.29, 1.82) is 0 Å². The van der Waals surface area contributed by atoms with Gasteiger partial charge < -0.3 is 20.1 Å². The average molecular weight is 284 g/mol. The van der Waals surface area contributed by atoms with Gasteiger partial charge in [0.1, 0.15) is 0 Å². The maximum Gasteiger partial charge on any atom is 0.407 e. The number of amides is 1. The summed E-state index contributed by atoms with van der Waals surface area (Å²) in [6.07, 6.45) is -0.0298. The van der Waals surface area contributed by atoms with Crippen molar-refractivity contribution in [3.63, 3.8) is 0 Å². The van der Waals surface area contributed by atoms with E-state index in [1.807, 2.05) is 5.38 Å². The highest BCUT2D eigenvalue weighted by Crippen LogP contribution is 2.27. The number of ether oxygens (including phenoxy) is 1. The molecule has 1 aliphatic rings. The summed E-state index contributed by atoms with van der Waals surface area (Å²) in [7, 11) is 1.36. The van der Waals surface area contributed by atoms with E-state index in [0.29, 0.717) is 0 Å². The molecule has 0 bridgehead atoms. The van der Waals surface area contributed by atoms with E-state index < -0.39 is 6.09 Å². The van der Waals surface area contributed by atoms with E-state index in [1.54, 1.807) is 18.3 Å². The minimum atomic E-state index is -0.415. The molecule has 0 aliphatic carbocycles. The van der Waals surface area contributed by atoms with Crippen molar-refractivity contribution >= 4 is 23.1 Å². The van der Waals surface area contributed by atoms with Crippen molar-refractivity contribution < 1.29 is 14.6 Å². The molecular weight excluding hydrogens is 264 g/mol. The summed E-state index contributed by atoms with van der Waals surface area (Å²) >= 11 is 1.65. The Kier molecular flexibility index (Phi) is 4.66. The van der Waals surface area contributed by atoms with Crippen LogP contribution in [0.5, 0.6) is 0 Å². The van der Waals surface area contributed by atoms with Gasteiger partial charge in [-0.1, -0.05) is 0 Å². The lowest BCUT2D eigenvalue weighted by molar-refractivity contribution is 0.103. The Bertz CT molecular complexity index is 408. The van der Waals surface area contributed by atoms with Gasteiger partial charge in [0.05, 0.1) is 19.3 Å². The zero-order valence-electron chi connectivity index (χ0n) is 11.2. The third kappa shape index (κ3) is 3.61. The number of aliphatic hydroxyl groups is 1. The first kappa shape index (κ1) is 14.1. The highest BCUT2D eigenvalue weighted by atomic mass is 32.1. The molecule has 1 saturated heterocycles. The van der Waals surface area contributed by atoms with Gasteiger partial charge in [0.25, 0.3) is 0 Å². The molecule has 106 valence electrons. The second kappa shape index (κ2) is 6.25. The Morgan fingerprint density at radius 2 is 2.42 bits per heavy atom. The fraction of sp³-hybridized carbons (Fsp3) is 0.615. The highest BCUT2D eigenvalue weighted by molar-refractivity contribution is 7.08. The molecule has 1 aliphatic heterocycles. The van der Waals surface area contributed by atoms with Crippen LogP contribution in [0.3, 0.4) is 0 Å². The van der Waals surface area contributed by atoms with Gasteiger partial charge in [-0.05, 0) is 24.8 Å². The maximum absolute atomic E-state index is 11.3. The first-order chi connectivity index (χ1) is 9.10. The molecule has 6 heteroatoms. The Balaban J connectivity index is 2.06. The standard InChI is InChI=1S/C13H20N2O3S/c1-9(16)10-5-11(14-13(17)18-2)7-15(6-10)12-3-4-19-8-12/h3-4,8-11,16H,5-7H2,1-2H3,(H,14,17). The summed E-state index contributed by atoms with van der Waals surface area (Å²) in [5.74, 6) is 0.149. The van der Waals surface area contributed by atoms with Crippen molar-refractivity contribution in [2.45, 2.75) is 25.5 Å². The first-order valence-electron chi connectivity index (χ1n) is 6.40. The van der Waals surface area contributed by atoms with Gasteiger partial charge >= 0.3 is 6.09 Å². The van der Waals surface area contributed by atoms with Crippen molar-refractivity contribution in [3.8, 4) is 0 Å². The van der Waals surface area contributed by atoms with Gasteiger partial charge in [0.15, 0.2) is 0 Å². The zero-order chi connectivity index (χ0) is 13.8. The molecule has 19 heavy (non-hydrogen) atoms. The predicted octanol–water partition coefficient (Wildman–Crippen LogP) is 1.68. The van der Waals surface area contributed by atoms with E-state index in [0.717, 1.165) is 25.2 Å². The lowest BCUT2D eigenvalue weighted by Crippen LogP contribution is -2.52. The molecule has 2 heterocycles. The van der Waals surface area contributed by atoms with Crippen LogP contribution in [0.25, 0.3) is 0 Å². The number of carbonyl (C=O) groups excluding carboxylic acids is 1. The Morgan fingerprint density at radius 1 is 1.63 bits per heavy atom. The number of methoxy groups -OCH3 is 1. The van der Waals surface area contributed by atoms with E-state index in [2.05, 4.69) is 26.4 Å². The lowest BCUT2D eigenvalue weighted by atomic mass is 9.90. The Morgan fingerprint density at radius 3 is 3.00 bits per heavy atom. The molecule has 2 rings (SSSR count). The van der Waals surface area contributed by atoms with Gasteiger partial charge in [0.2, 0.25) is 0 Å². The average Bonchev–Trinajstić information content (AvgIpc) is 2.92. The molecular formula is C13H20N2O3S. The van der Waals surface area contributed by atoms with Gasteiger partial charge in [-0.2, -0.15) is 11.3 Å². The monoisotopic (exact) mass is 284 g/mol. The minimum Gasteiger partial charge on any atom is -0.453 e. The third-order valence-electron chi connectivity index (χ3n) is 3.54. The number of alkyl carbamates (subject to hydrolysis) is 1. The molecule has 0 radical (unpaired) electrons. The molecule has 5 nitrogen and oxygen atoms in total. The largest absolute Gasteiger partial charge is 0.453 e. The van der Waals surface area contributed by atoms with E-state index in [4.69, 9.17) is 0 Å². The van der Waals surface area contributed by atoms with Crippen molar-refractivity contribution in [3.05, 3.63) is 16.8 Å². The molecule has 3 unspecified atom stereocenters. The molecule has 2 N–H and O–H groups in total. The number of nitrogens with zero attached hydrogens (tertiary/aromatic N) is 1. The van der Waals surface area contributed by atoms with Crippen LogP contribution >= 0.6 is 11.3 Å². The number of aliphatic hydroxyl groups excluding tert-OH is 1. The molecule has 0 saturated carbocycles. The van der Waals surface area contributed by atoms with Gasteiger partial charge in [-0.3, -0.25) is 0 Å². The smallest absolute Gasteiger partial charge is 0.407 e. The summed E-state index contributed by atoms with van der Waals surface area (Å²) in [5, 5.41) is 16.8. The SMILES string of the molecule is COC(=O)NC1CC(C(C)O)CN(c2ccsc2)C1. The fourth-order valence-electron chi connectivity index (χ4n) is 2.47. The van der Waals surface area contributed by atoms with Gasteiger partial charge in [-0.15, -0.1) is 0 Å². The van der Waals surface area contributed by atoms with Crippen LogP contribution in [0.15, 0.2) is 16.8 Å². The molecule has 1 fully saturated rings. The summed E-state index contributed by atoms with van der Waals surface area (Å²) in [5.41, 5.74) is 1.15. The van der Waals surface area contributed by atoms with Crippen LogP contribution < -0.4 is 10.2 Å². The van der Waals surface area contributed by atoms with Crippen molar-refractivity contribution in [2.24, 2.45) is 5.92 Å². The van der Waals surface area contributed by atoms with Crippen LogP contribution in [0, 0.1) is 5.92 Å². The molecule has 3 atom stereocenters. The Hall–Kier alpha value is -1.27. The van der Waals surface area contributed by atoms with E-state index in [1.165, 1.54) is 7.11 Å². The number of rotatable bonds is 3. The highest BCUT2D eigenvalue weighted by Gasteiger charge is 2.31. The quantitative estimate of drug-likeness (QED) is 0.886. The van der Waals surface area contributed by atoms with Crippen LogP contribution in [0.1, 0.15) is 13.3 Å². The molecule has 1 aromatic heterocycles. The second-order valence-electron chi connectivity index (χ2n) is 4.96. The Labute approximate surface area is 117 Å². The summed E-state index contributed by atoms with van der Waals surface area (Å²) in [6.45, 7) is 3.36. The first-order valence-corrected chi connectivity index (χ1v) is 7.34. The number of nitrogens with one attached hydrogen (secondary N) is 1. The molecule has 1 aromatic rings. The molecule has 0 spiro atoms. The maximum atomic E-state index is 11.3. The van der Waals surface area contributed by atoms with Gasteiger partial charge in [0, 0.05) is 30.1 Å². The minimum absolute atomic E-state index is 0.000648. The lowest BCUT2D eigenvalue weighted by Gasteiger charge is -2.39. The third-order valence-corrected chi connectivity index (χ3v) is 4.21. The number of piperidine rings is 1.